The zero-order valence-corrected chi connectivity index (χ0v) is 16.2. The molecule has 0 fully saturated rings. The Morgan fingerprint density at radius 1 is 1.14 bits per heavy atom. The van der Waals surface area contributed by atoms with Gasteiger partial charge in [-0.15, -0.1) is 0 Å². The van der Waals surface area contributed by atoms with Gasteiger partial charge in [0.25, 0.3) is 5.91 Å². The van der Waals surface area contributed by atoms with Gasteiger partial charge in [-0.3, -0.25) is 4.79 Å². The number of rotatable bonds is 4. The summed E-state index contributed by atoms with van der Waals surface area (Å²) >= 11 is 0. The number of amides is 1. The number of carbonyl (C=O) groups is 1. The Morgan fingerprint density at radius 3 is 2.68 bits per heavy atom. The zero-order chi connectivity index (χ0) is 19.9. The molecular formula is C20H21N3O4S. The molecule has 0 bridgehead atoms. The van der Waals surface area contributed by atoms with E-state index >= 15 is 0 Å². The van der Waals surface area contributed by atoms with Crippen molar-refractivity contribution in [1.82, 2.24) is 4.98 Å². The maximum absolute atomic E-state index is 12.7. The molecule has 8 heteroatoms. The molecule has 0 unspecified atom stereocenters. The standard InChI is InChI=1S/C20H21N3O4S/c1-27-18-9-7-13(11-19(18)28(21,25)26)22-20(24)12-6-8-17-15(10-12)14-4-2-3-5-16(14)23-17/h6-11,23H,2-5H2,1H3,(H,22,24)(H2,21,25,26). The lowest BCUT2D eigenvalue weighted by molar-refractivity contribution is 0.102. The maximum Gasteiger partial charge on any atom is 0.255 e. The number of ether oxygens (including phenoxy) is 1. The number of hydrogen-bond acceptors (Lipinski definition) is 4. The van der Waals surface area contributed by atoms with Crippen LogP contribution in [0.2, 0.25) is 0 Å². The first-order chi connectivity index (χ1) is 13.4. The van der Waals surface area contributed by atoms with Crippen molar-refractivity contribution in [1.29, 1.82) is 0 Å². The fraction of sp³-hybridized carbons (Fsp3) is 0.250. The van der Waals surface area contributed by atoms with Gasteiger partial charge in [0, 0.05) is 27.8 Å². The SMILES string of the molecule is COc1ccc(NC(=O)c2ccc3[nH]c4c(c3c2)CCCC4)cc1S(N)(=O)=O. The van der Waals surface area contributed by atoms with Gasteiger partial charge in [-0.2, -0.15) is 0 Å². The molecule has 2 aromatic carbocycles. The van der Waals surface area contributed by atoms with Gasteiger partial charge in [0.1, 0.15) is 10.6 Å². The Hall–Kier alpha value is -2.84. The number of benzene rings is 2. The fourth-order valence-corrected chi connectivity index (χ4v) is 4.45. The number of methoxy groups -OCH3 is 1. The van der Waals surface area contributed by atoms with Gasteiger partial charge in [-0.25, -0.2) is 13.6 Å². The van der Waals surface area contributed by atoms with Crippen LogP contribution in [0.15, 0.2) is 41.3 Å². The number of aromatic nitrogens is 1. The molecule has 146 valence electrons. The summed E-state index contributed by atoms with van der Waals surface area (Å²) in [6, 6.07) is 9.87. The monoisotopic (exact) mass is 399 g/mol. The van der Waals surface area contributed by atoms with Crippen LogP contribution in [0.25, 0.3) is 10.9 Å². The van der Waals surface area contributed by atoms with Crippen LogP contribution in [0, 0.1) is 0 Å². The molecule has 0 atom stereocenters. The number of carbonyl (C=O) groups excluding carboxylic acids is 1. The summed E-state index contributed by atoms with van der Waals surface area (Å²) in [5.41, 5.74) is 4.41. The zero-order valence-electron chi connectivity index (χ0n) is 15.4. The van der Waals surface area contributed by atoms with Gasteiger partial charge in [0.15, 0.2) is 0 Å². The maximum atomic E-state index is 12.7. The number of aryl methyl sites for hydroxylation is 2. The predicted octanol–water partition coefficient (Wildman–Crippen LogP) is 2.96. The van der Waals surface area contributed by atoms with E-state index in [1.165, 1.54) is 36.9 Å². The highest BCUT2D eigenvalue weighted by molar-refractivity contribution is 7.89. The molecule has 7 nitrogen and oxygen atoms in total. The van der Waals surface area contributed by atoms with Crippen molar-refractivity contribution in [3.05, 3.63) is 53.2 Å². The Labute approximate surface area is 162 Å². The van der Waals surface area contributed by atoms with E-state index in [9.17, 15) is 13.2 Å². The van der Waals surface area contributed by atoms with E-state index in [2.05, 4.69) is 10.3 Å². The smallest absolute Gasteiger partial charge is 0.255 e. The van der Waals surface area contributed by atoms with Gasteiger partial charge in [0.05, 0.1) is 7.11 Å². The molecule has 28 heavy (non-hydrogen) atoms. The minimum atomic E-state index is -3.98. The molecule has 1 aliphatic rings. The lowest BCUT2D eigenvalue weighted by Crippen LogP contribution is -2.16. The number of H-pyrrole nitrogens is 1. The Bertz CT molecular complexity index is 1180. The molecule has 1 amide bonds. The number of nitrogens with two attached hydrogens (primary N) is 1. The Morgan fingerprint density at radius 2 is 1.93 bits per heavy atom. The summed E-state index contributed by atoms with van der Waals surface area (Å²) in [7, 11) is -2.62. The molecule has 1 heterocycles. The van der Waals surface area contributed by atoms with Gasteiger partial charge in [-0.1, -0.05) is 0 Å². The highest BCUT2D eigenvalue weighted by Crippen LogP contribution is 2.30. The second-order valence-electron chi connectivity index (χ2n) is 6.91. The van der Waals surface area contributed by atoms with Gasteiger partial charge >= 0.3 is 0 Å². The third-order valence-corrected chi connectivity index (χ3v) is 6.02. The largest absolute Gasteiger partial charge is 0.495 e. The van der Waals surface area contributed by atoms with Crippen LogP contribution in [0.3, 0.4) is 0 Å². The summed E-state index contributed by atoms with van der Waals surface area (Å²) in [5, 5.41) is 9.04. The molecule has 0 saturated heterocycles. The molecule has 0 saturated carbocycles. The molecule has 0 aliphatic heterocycles. The molecule has 0 spiro atoms. The fourth-order valence-electron chi connectivity index (χ4n) is 3.73. The summed E-state index contributed by atoms with van der Waals surface area (Å²) in [4.78, 5) is 16.0. The van der Waals surface area contributed by atoms with Crippen LogP contribution < -0.4 is 15.2 Å². The quantitative estimate of drug-likeness (QED) is 0.626. The van der Waals surface area contributed by atoms with Crippen LogP contribution in [0.5, 0.6) is 5.75 Å². The van der Waals surface area contributed by atoms with E-state index in [1.807, 2.05) is 12.1 Å². The topological polar surface area (TPSA) is 114 Å². The van der Waals surface area contributed by atoms with E-state index in [-0.39, 0.29) is 16.6 Å². The third kappa shape index (κ3) is 3.36. The highest BCUT2D eigenvalue weighted by atomic mass is 32.2. The van der Waals surface area contributed by atoms with Crippen molar-refractivity contribution in [2.45, 2.75) is 30.6 Å². The average Bonchev–Trinajstić information content (AvgIpc) is 3.05. The Kier molecular flexibility index (Phi) is 4.60. The first-order valence-electron chi connectivity index (χ1n) is 9.02. The van der Waals surface area contributed by atoms with E-state index in [1.54, 1.807) is 12.1 Å². The van der Waals surface area contributed by atoms with Crippen molar-refractivity contribution in [3.63, 3.8) is 0 Å². The molecule has 4 N–H and O–H groups in total. The van der Waals surface area contributed by atoms with Crippen LogP contribution in [0.4, 0.5) is 5.69 Å². The first-order valence-corrected chi connectivity index (χ1v) is 10.6. The van der Waals surface area contributed by atoms with Crippen molar-refractivity contribution in [2.75, 3.05) is 12.4 Å². The van der Waals surface area contributed by atoms with Gasteiger partial charge in [0.2, 0.25) is 10.0 Å². The number of primary sulfonamides is 1. The molecule has 4 rings (SSSR count). The van der Waals surface area contributed by atoms with Crippen molar-refractivity contribution in [3.8, 4) is 5.75 Å². The molecule has 1 aromatic heterocycles. The first kappa shape index (κ1) is 18.5. The van der Waals surface area contributed by atoms with Crippen molar-refractivity contribution < 1.29 is 17.9 Å². The lowest BCUT2D eigenvalue weighted by atomic mass is 9.95. The minimum absolute atomic E-state index is 0.126. The number of hydrogen-bond donors (Lipinski definition) is 3. The predicted molar refractivity (Wildman–Crippen MR) is 107 cm³/mol. The summed E-state index contributed by atoms with van der Waals surface area (Å²) < 4.78 is 28.5. The van der Waals surface area contributed by atoms with Crippen LogP contribution in [0.1, 0.15) is 34.5 Å². The average molecular weight is 399 g/mol. The summed E-state index contributed by atoms with van der Waals surface area (Å²) in [6.07, 6.45) is 4.37. The molecule has 0 radical (unpaired) electrons. The number of sulfonamides is 1. The van der Waals surface area contributed by atoms with E-state index < -0.39 is 10.0 Å². The molecule has 1 aliphatic carbocycles. The van der Waals surface area contributed by atoms with E-state index in [0.717, 1.165) is 30.2 Å². The van der Waals surface area contributed by atoms with Gasteiger partial charge in [-0.05, 0) is 67.6 Å². The third-order valence-electron chi connectivity index (χ3n) is 5.09. The van der Waals surface area contributed by atoms with Crippen LogP contribution in [-0.2, 0) is 22.9 Å². The number of aromatic amines is 1. The highest BCUT2D eigenvalue weighted by Gasteiger charge is 2.19. The van der Waals surface area contributed by atoms with Gasteiger partial charge < -0.3 is 15.0 Å². The van der Waals surface area contributed by atoms with Crippen molar-refractivity contribution in [2.24, 2.45) is 5.14 Å². The summed E-state index contributed by atoms with van der Waals surface area (Å²) in [6.45, 7) is 0. The number of nitrogens with one attached hydrogen (secondary N) is 2. The lowest BCUT2D eigenvalue weighted by Gasteiger charge is -2.11. The molecule has 3 aromatic rings. The van der Waals surface area contributed by atoms with Crippen LogP contribution in [-0.4, -0.2) is 26.4 Å². The minimum Gasteiger partial charge on any atom is -0.495 e. The second kappa shape index (κ2) is 6.96. The summed E-state index contributed by atoms with van der Waals surface area (Å²) in [5.74, 6) is -0.195. The van der Waals surface area contributed by atoms with Crippen LogP contribution >= 0.6 is 0 Å². The Balaban J connectivity index is 1.65. The number of anilines is 1. The van der Waals surface area contributed by atoms with Crippen molar-refractivity contribution >= 4 is 32.5 Å². The number of fused-ring (bicyclic) bond motifs is 3. The molecular weight excluding hydrogens is 378 g/mol. The van der Waals surface area contributed by atoms with E-state index in [4.69, 9.17) is 9.88 Å². The second-order valence-corrected chi connectivity index (χ2v) is 8.44. The van der Waals surface area contributed by atoms with E-state index in [0.29, 0.717) is 11.3 Å². The normalized spacial score (nSPS) is 13.9.